The minimum absolute atomic E-state index is 0.0608. The Morgan fingerprint density at radius 2 is 1.92 bits per heavy atom. The Labute approximate surface area is 153 Å². The second-order valence-corrected chi connectivity index (χ2v) is 6.76. The molecule has 2 aliphatic rings. The highest BCUT2D eigenvalue weighted by molar-refractivity contribution is 6.01. The Balaban J connectivity index is 1.45. The van der Waals surface area contributed by atoms with Gasteiger partial charge in [0.25, 0.3) is 5.91 Å². The van der Waals surface area contributed by atoms with E-state index in [2.05, 4.69) is 5.32 Å². The number of ether oxygens (including phenoxy) is 1. The summed E-state index contributed by atoms with van der Waals surface area (Å²) in [5, 5.41) is 3.00. The summed E-state index contributed by atoms with van der Waals surface area (Å²) in [6, 6.07) is 11.7. The highest BCUT2D eigenvalue weighted by Crippen LogP contribution is 2.37. The lowest BCUT2D eigenvalue weighted by Crippen LogP contribution is -2.33. The van der Waals surface area contributed by atoms with E-state index >= 15 is 0 Å². The maximum atomic E-state index is 12.6. The van der Waals surface area contributed by atoms with Crippen LogP contribution in [0.25, 0.3) is 0 Å². The first-order chi connectivity index (χ1) is 12.7. The number of nitrogens with zero attached hydrogens (tertiary/aromatic N) is 1. The van der Waals surface area contributed by atoms with Gasteiger partial charge in [0.05, 0.1) is 12.8 Å². The van der Waals surface area contributed by atoms with Gasteiger partial charge in [-0.3, -0.25) is 9.59 Å². The third-order valence-corrected chi connectivity index (χ3v) is 5.19. The Morgan fingerprint density at radius 3 is 2.73 bits per heavy atom. The fraction of sp³-hybridized carbons (Fsp3) is 0.333. The molecule has 0 bridgehead atoms. The van der Waals surface area contributed by atoms with E-state index in [9.17, 15) is 9.59 Å². The molecule has 2 heterocycles. The fourth-order valence-corrected chi connectivity index (χ4v) is 3.91. The van der Waals surface area contributed by atoms with Crippen LogP contribution in [-0.2, 0) is 24.1 Å². The number of hydrogen-bond donors (Lipinski definition) is 1. The van der Waals surface area contributed by atoms with Crippen molar-refractivity contribution in [2.45, 2.75) is 25.7 Å². The van der Waals surface area contributed by atoms with Crippen LogP contribution in [0.2, 0.25) is 0 Å². The highest BCUT2D eigenvalue weighted by atomic mass is 16.5. The zero-order valence-corrected chi connectivity index (χ0v) is 14.9. The van der Waals surface area contributed by atoms with E-state index in [1.54, 1.807) is 7.11 Å². The summed E-state index contributed by atoms with van der Waals surface area (Å²) in [5.74, 6) is 0.980. The zero-order valence-electron chi connectivity index (χ0n) is 14.9. The van der Waals surface area contributed by atoms with Gasteiger partial charge in [0.2, 0.25) is 5.91 Å². The van der Waals surface area contributed by atoms with Crippen molar-refractivity contribution >= 4 is 17.5 Å². The molecule has 0 aromatic heterocycles. The molecular formula is C21H22N2O3. The number of anilines is 1. The molecule has 2 aromatic carbocycles. The van der Waals surface area contributed by atoms with Crippen LogP contribution in [0.15, 0.2) is 36.4 Å². The quantitative estimate of drug-likeness (QED) is 0.901. The molecule has 0 saturated heterocycles. The SMILES string of the molecule is COc1ccccc1CCNC(=O)c1cc2c3c(c1)CCN3C(=O)CC2. The lowest BCUT2D eigenvalue weighted by molar-refractivity contribution is -0.118. The van der Waals surface area contributed by atoms with E-state index in [4.69, 9.17) is 4.74 Å². The molecule has 0 atom stereocenters. The average Bonchev–Trinajstić information content (AvgIpc) is 3.10. The van der Waals surface area contributed by atoms with Gasteiger partial charge in [0, 0.05) is 25.1 Å². The molecule has 0 radical (unpaired) electrons. The van der Waals surface area contributed by atoms with Crippen LogP contribution < -0.4 is 15.0 Å². The normalized spacial score (nSPS) is 15.0. The second-order valence-electron chi connectivity index (χ2n) is 6.76. The third kappa shape index (κ3) is 2.94. The van der Waals surface area contributed by atoms with Crippen LogP contribution in [0, 0.1) is 0 Å². The summed E-state index contributed by atoms with van der Waals surface area (Å²) in [6.07, 6.45) is 2.80. The Kier molecular flexibility index (Phi) is 4.37. The number of carbonyl (C=O) groups is 2. The number of carbonyl (C=O) groups excluding carboxylic acids is 2. The van der Waals surface area contributed by atoms with Crippen LogP contribution in [0.3, 0.4) is 0 Å². The molecule has 0 saturated carbocycles. The van der Waals surface area contributed by atoms with Crippen molar-refractivity contribution in [3.8, 4) is 5.75 Å². The van der Waals surface area contributed by atoms with E-state index in [0.717, 1.165) is 53.9 Å². The van der Waals surface area contributed by atoms with Crippen LogP contribution in [0.4, 0.5) is 5.69 Å². The van der Waals surface area contributed by atoms with E-state index in [0.29, 0.717) is 18.5 Å². The van der Waals surface area contributed by atoms with Gasteiger partial charge in [-0.1, -0.05) is 18.2 Å². The van der Waals surface area contributed by atoms with Gasteiger partial charge in [-0.15, -0.1) is 0 Å². The number of methoxy groups -OCH3 is 1. The molecule has 1 N–H and O–H groups in total. The summed E-state index contributed by atoms with van der Waals surface area (Å²) >= 11 is 0. The van der Waals surface area contributed by atoms with Crippen LogP contribution in [-0.4, -0.2) is 32.0 Å². The number of hydrogen-bond acceptors (Lipinski definition) is 3. The van der Waals surface area contributed by atoms with E-state index in [-0.39, 0.29) is 11.8 Å². The van der Waals surface area contributed by atoms with Gasteiger partial charge in [0.1, 0.15) is 5.75 Å². The summed E-state index contributed by atoms with van der Waals surface area (Å²) in [6.45, 7) is 1.29. The molecule has 0 fully saturated rings. The number of rotatable bonds is 5. The van der Waals surface area contributed by atoms with Crippen molar-refractivity contribution in [3.05, 3.63) is 58.7 Å². The average molecular weight is 350 g/mol. The van der Waals surface area contributed by atoms with Crippen molar-refractivity contribution in [3.63, 3.8) is 0 Å². The summed E-state index contributed by atoms with van der Waals surface area (Å²) < 4.78 is 5.35. The fourth-order valence-electron chi connectivity index (χ4n) is 3.91. The van der Waals surface area contributed by atoms with Gasteiger partial charge in [0.15, 0.2) is 0 Å². The minimum atomic E-state index is -0.0608. The lowest BCUT2D eigenvalue weighted by atomic mass is 9.96. The first kappa shape index (κ1) is 16.6. The maximum Gasteiger partial charge on any atom is 0.251 e. The van der Waals surface area contributed by atoms with Crippen molar-refractivity contribution in [1.29, 1.82) is 0 Å². The van der Waals surface area contributed by atoms with Gasteiger partial charge in [-0.05, 0) is 54.2 Å². The number of amides is 2. The van der Waals surface area contributed by atoms with Crippen molar-refractivity contribution in [2.75, 3.05) is 25.1 Å². The number of benzene rings is 2. The molecule has 5 nitrogen and oxygen atoms in total. The highest BCUT2D eigenvalue weighted by Gasteiger charge is 2.31. The summed E-state index contributed by atoms with van der Waals surface area (Å²) in [7, 11) is 1.65. The number of nitrogens with one attached hydrogen (secondary N) is 1. The van der Waals surface area contributed by atoms with Gasteiger partial charge < -0.3 is 15.0 Å². The van der Waals surface area contributed by atoms with Crippen molar-refractivity contribution < 1.29 is 14.3 Å². The van der Waals surface area contributed by atoms with E-state index < -0.39 is 0 Å². The molecular weight excluding hydrogens is 328 g/mol. The smallest absolute Gasteiger partial charge is 0.251 e. The first-order valence-electron chi connectivity index (χ1n) is 9.03. The molecule has 0 spiro atoms. The Bertz CT molecular complexity index is 876. The van der Waals surface area contributed by atoms with E-state index in [1.165, 1.54) is 0 Å². The minimum Gasteiger partial charge on any atom is -0.496 e. The lowest BCUT2D eigenvalue weighted by Gasteiger charge is -2.25. The first-order valence-corrected chi connectivity index (χ1v) is 9.03. The maximum absolute atomic E-state index is 12.6. The van der Waals surface area contributed by atoms with Crippen LogP contribution in [0.5, 0.6) is 5.75 Å². The van der Waals surface area contributed by atoms with Crippen LogP contribution >= 0.6 is 0 Å². The van der Waals surface area contributed by atoms with Gasteiger partial charge in [-0.25, -0.2) is 0 Å². The Hall–Kier alpha value is -2.82. The van der Waals surface area contributed by atoms with Gasteiger partial charge in [-0.2, -0.15) is 0 Å². The summed E-state index contributed by atoms with van der Waals surface area (Å²) in [4.78, 5) is 26.5. The van der Waals surface area contributed by atoms with Gasteiger partial charge >= 0.3 is 0 Å². The topological polar surface area (TPSA) is 58.6 Å². The van der Waals surface area contributed by atoms with Crippen molar-refractivity contribution in [1.82, 2.24) is 5.32 Å². The summed E-state index contributed by atoms with van der Waals surface area (Å²) in [5.41, 5.74) is 5.05. The van der Waals surface area contributed by atoms with Crippen LogP contribution in [0.1, 0.15) is 33.5 Å². The van der Waals surface area contributed by atoms with Crippen molar-refractivity contribution in [2.24, 2.45) is 0 Å². The van der Waals surface area contributed by atoms with E-state index in [1.807, 2.05) is 41.3 Å². The standard InChI is InChI=1S/C21H22N2O3/c1-26-18-5-3-2-4-14(18)8-10-22-21(25)17-12-15-6-7-19(24)23-11-9-16(13-17)20(15)23/h2-5,12-13H,6-11H2,1H3,(H,22,25). The molecule has 0 aliphatic carbocycles. The molecule has 2 amide bonds. The number of para-hydroxylation sites is 1. The monoisotopic (exact) mass is 350 g/mol. The molecule has 0 unspecified atom stereocenters. The largest absolute Gasteiger partial charge is 0.496 e. The second kappa shape index (κ2) is 6.83. The number of aryl methyl sites for hydroxylation is 1. The molecule has 5 heteroatoms. The predicted octanol–water partition coefficient (Wildman–Crippen LogP) is 2.50. The molecule has 4 rings (SSSR count). The Morgan fingerprint density at radius 1 is 1.15 bits per heavy atom. The molecule has 2 aliphatic heterocycles. The molecule has 26 heavy (non-hydrogen) atoms. The third-order valence-electron chi connectivity index (χ3n) is 5.19. The molecule has 2 aromatic rings. The molecule has 134 valence electrons. The predicted molar refractivity (Wildman–Crippen MR) is 99.9 cm³/mol. The zero-order chi connectivity index (χ0) is 18.1.